The lowest BCUT2D eigenvalue weighted by molar-refractivity contribution is 0.527. The molecule has 2 rings (SSSR count). The Morgan fingerprint density at radius 1 is 1.24 bits per heavy atom. The molecule has 1 nitrogen and oxygen atoms in total. The normalized spacial score (nSPS) is 12.4. The zero-order valence-electron chi connectivity index (χ0n) is 11.9. The van der Waals surface area contributed by atoms with Gasteiger partial charge in [-0.25, -0.2) is 0 Å². The third-order valence-electron chi connectivity index (χ3n) is 3.36. The molecule has 0 saturated heterocycles. The third-order valence-corrected chi connectivity index (χ3v) is 5.12. The van der Waals surface area contributed by atoms with Crippen molar-refractivity contribution >= 4 is 50.1 Å². The lowest BCUT2D eigenvalue weighted by Crippen LogP contribution is -2.24. The lowest BCUT2D eigenvalue weighted by atomic mass is 9.98. The summed E-state index contributed by atoms with van der Waals surface area (Å²) in [5.74, 6) is 0. The second kappa shape index (κ2) is 8.51. The molecule has 0 spiro atoms. The predicted molar refractivity (Wildman–Crippen MR) is 103 cm³/mol. The Kier molecular flexibility index (Phi) is 6.99. The van der Waals surface area contributed by atoms with Crippen LogP contribution in [-0.2, 0) is 6.42 Å². The first kappa shape index (κ1) is 17.3. The van der Waals surface area contributed by atoms with Crippen LogP contribution in [-0.4, -0.2) is 6.54 Å². The van der Waals surface area contributed by atoms with Gasteiger partial charge in [-0.05, 0) is 77.4 Å². The maximum Gasteiger partial charge on any atom is 0.0438 e. The van der Waals surface area contributed by atoms with E-state index in [1.165, 1.54) is 14.7 Å². The monoisotopic (exact) mass is 477 g/mol. The van der Waals surface area contributed by atoms with Crippen LogP contribution < -0.4 is 5.32 Å². The van der Waals surface area contributed by atoms with E-state index >= 15 is 0 Å². The van der Waals surface area contributed by atoms with Gasteiger partial charge in [-0.1, -0.05) is 52.7 Å². The van der Waals surface area contributed by atoms with Crippen LogP contribution in [0.1, 0.15) is 30.5 Å². The Morgan fingerprint density at radius 3 is 2.71 bits per heavy atom. The molecular weight excluding hydrogens is 460 g/mol. The first-order chi connectivity index (χ1) is 10.1. The fourth-order valence-electron chi connectivity index (χ4n) is 2.28. The Morgan fingerprint density at radius 2 is 2.00 bits per heavy atom. The minimum Gasteiger partial charge on any atom is -0.310 e. The number of hydrogen-bond acceptors (Lipinski definition) is 1. The summed E-state index contributed by atoms with van der Waals surface area (Å²) in [4.78, 5) is 0. The summed E-state index contributed by atoms with van der Waals surface area (Å²) >= 11 is 12.4. The molecule has 1 unspecified atom stereocenters. The topological polar surface area (TPSA) is 12.0 Å². The minimum atomic E-state index is 0.258. The van der Waals surface area contributed by atoms with Gasteiger partial charge in [0.2, 0.25) is 0 Å². The number of benzene rings is 2. The summed E-state index contributed by atoms with van der Waals surface area (Å²) in [5.41, 5.74) is 2.47. The molecule has 1 atom stereocenters. The zero-order valence-corrected chi connectivity index (χ0v) is 16.4. The van der Waals surface area contributed by atoms with E-state index in [-0.39, 0.29) is 6.04 Å². The van der Waals surface area contributed by atoms with Gasteiger partial charge >= 0.3 is 0 Å². The molecule has 0 amide bonds. The van der Waals surface area contributed by atoms with Gasteiger partial charge in [-0.2, -0.15) is 0 Å². The maximum absolute atomic E-state index is 6.32. The van der Waals surface area contributed by atoms with Crippen LogP contribution in [0.4, 0.5) is 0 Å². The molecule has 0 saturated carbocycles. The summed E-state index contributed by atoms with van der Waals surface area (Å²) in [6, 6.07) is 14.8. The highest BCUT2D eigenvalue weighted by atomic mass is 127. The molecule has 0 heterocycles. The van der Waals surface area contributed by atoms with E-state index in [0.717, 1.165) is 28.9 Å². The first-order valence-corrected chi connectivity index (χ1v) is 9.28. The van der Waals surface area contributed by atoms with E-state index in [4.69, 9.17) is 11.6 Å². The Bertz CT molecular complexity index is 603. The second-order valence-corrected chi connectivity index (χ2v) is 7.48. The summed E-state index contributed by atoms with van der Waals surface area (Å²) in [5, 5.41) is 4.47. The van der Waals surface area contributed by atoms with Gasteiger partial charge in [0.15, 0.2) is 0 Å². The molecule has 0 bridgehead atoms. The molecule has 2 aromatic rings. The van der Waals surface area contributed by atoms with Gasteiger partial charge in [0, 0.05) is 19.1 Å². The van der Waals surface area contributed by atoms with E-state index in [1.807, 2.05) is 18.2 Å². The van der Waals surface area contributed by atoms with Gasteiger partial charge in [0.25, 0.3) is 0 Å². The van der Waals surface area contributed by atoms with Crippen molar-refractivity contribution in [1.82, 2.24) is 5.32 Å². The van der Waals surface area contributed by atoms with Crippen LogP contribution in [0, 0.1) is 3.57 Å². The highest BCUT2D eigenvalue weighted by molar-refractivity contribution is 14.1. The average Bonchev–Trinajstić information content (AvgIpc) is 2.48. The Labute approximate surface area is 153 Å². The summed E-state index contributed by atoms with van der Waals surface area (Å²) in [6.45, 7) is 3.18. The van der Waals surface area contributed by atoms with Crippen molar-refractivity contribution in [2.24, 2.45) is 0 Å². The molecule has 21 heavy (non-hydrogen) atoms. The van der Waals surface area contributed by atoms with E-state index in [0.29, 0.717) is 0 Å². The van der Waals surface area contributed by atoms with E-state index in [1.54, 1.807) is 0 Å². The minimum absolute atomic E-state index is 0.258. The Balaban J connectivity index is 2.30. The van der Waals surface area contributed by atoms with E-state index in [2.05, 4.69) is 75.0 Å². The van der Waals surface area contributed by atoms with Crippen molar-refractivity contribution < 1.29 is 0 Å². The smallest absolute Gasteiger partial charge is 0.0438 e. The van der Waals surface area contributed by atoms with Crippen molar-refractivity contribution in [2.45, 2.75) is 25.8 Å². The van der Waals surface area contributed by atoms with Gasteiger partial charge in [-0.15, -0.1) is 0 Å². The highest BCUT2D eigenvalue weighted by Gasteiger charge is 2.16. The first-order valence-electron chi connectivity index (χ1n) is 7.03. The Hall–Kier alpha value is -0.100. The van der Waals surface area contributed by atoms with Gasteiger partial charge in [0.05, 0.1) is 0 Å². The van der Waals surface area contributed by atoms with Crippen molar-refractivity contribution in [3.05, 3.63) is 66.7 Å². The van der Waals surface area contributed by atoms with Crippen molar-refractivity contribution in [1.29, 1.82) is 0 Å². The third kappa shape index (κ3) is 4.95. The number of nitrogens with one attached hydrogen (secondary N) is 1. The van der Waals surface area contributed by atoms with Crippen LogP contribution in [0.3, 0.4) is 0 Å². The highest BCUT2D eigenvalue weighted by Crippen LogP contribution is 2.29. The molecule has 2 aromatic carbocycles. The largest absolute Gasteiger partial charge is 0.310 e. The number of hydrogen-bond donors (Lipinski definition) is 1. The summed E-state index contributed by atoms with van der Waals surface area (Å²) < 4.78 is 2.39. The maximum atomic E-state index is 6.32. The van der Waals surface area contributed by atoms with Gasteiger partial charge < -0.3 is 5.32 Å². The molecule has 112 valence electrons. The van der Waals surface area contributed by atoms with Gasteiger partial charge in [-0.3, -0.25) is 0 Å². The summed E-state index contributed by atoms with van der Waals surface area (Å²) in [6.07, 6.45) is 2.00. The molecule has 1 N–H and O–H groups in total. The SMILES string of the molecule is CCCNC(Cc1ccccc1Cl)c1cc(I)ccc1Br. The molecule has 0 aliphatic rings. The molecule has 0 aliphatic carbocycles. The molecular formula is C17H18BrClIN. The standard InChI is InChI=1S/C17H18BrClIN/c1-2-9-21-17(10-12-5-3-4-6-16(12)19)14-11-13(20)7-8-15(14)18/h3-8,11,17,21H,2,9-10H2,1H3. The van der Waals surface area contributed by atoms with Crippen molar-refractivity contribution in [3.8, 4) is 0 Å². The molecule has 4 heteroatoms. The molecule has 0 fully saturated rings. The predicted octanol–water partition coefficient (Wildman–Crippen LogP) is 5.99. The molecule has 0 aliphatic heterocycles. The fourth-order valence-corrected chi connectivity index (χ4v) is 3.53. The molecule has 0 radical (unpaired) electrons. The molecule has 0 aromatic heterocycles. The van der Waals surface area contributed by atoms with Crippen LogP contribution in [0.2, 0.25) is 5.02 Å². The van der Waals surface area contributed by atoms with Crippen molar-refractivity contribution in [2.75, 3.05) is 6.54 Å². The van der Waals surface area contributed by atoms with Crippen LogP contribution in [0.5, 0.6) is 0 Å². The lowest BCUT2D eigenvalue weighted by Gasteiger charge is -2.21. The zero-order chi connectivity index (χ0) is 15.2. The quantitative estimate of drug-likeness (QED) is 0.503. The van der Waals surface area contributed by atoms with Gasteiger partial charge in [0.1, 0.15) is 0 Å². The summed E-state index contributed by atoms with van der Waals surface area (Å²) in [7, 11) is 0. The van der Waals surface area contributed by atoms with Crippen LogP contribution in [0.15, 0.2) is 46.9 Å². The van der Waals surface area contributed by atoms with Crippen LogP contribution >= 0.6 is 50.1 Å². The average molecular weight is 479 g/mol. The number of halogens is 3. The van der Waals surface area contributed by atoms with E-state index in [9.17, 15) is 0 Å². The fraction of sp³-hybridized carbons (Fsp3) is 0.294. The number of rotatable bonds is 6. The van der Waals surface area contributed by atoms with Crippen molar-refractivity contribution in [3.63, 3.8) is 0 Å². The second-order valence-electron chi connectivity index (χ2n) is 4.97. The van der Waals surface area contributed by atoms with E-state index < -0.39 is 0 Å². The van der Waals surface area contributed by atoms with Crippen LogP contribution in [0.25, 0.3) is 0 Å².